The van der Waals surface area contributed by atoms with Crippen LogP contribution in [0.1, 0.15) is 38.3 Å². The normalized spacial score (nSPS) is 18.4. The summed E-state index contributed by atoms with van der Waals surface area (Å²) in [6, 6.07) is 6.39. The molecule has 0 saturated carbocycles. The molecule has 1 aromatic carbocycles. The van der Waals surface area contributed by atoms with Crippen molar-refractivity contribution in [3.8, 4) is 5.75 Å². The van der Waals surface area contributed by atoms with Crippen molar-refractivity contribution in [3.05, 3.63) is 28.2 Å². The molecule has 4 heteroatoms. The average molecular weight is 341 g/mol. The van der Waals surface area contributed by atoms with Crippen LogP contribution < -0.4 is 5.32 Å². The summed E-state index contributed by atoms with van der Waals surface area (Å²) in [7, 11) is 0. The van der Waals surface area contributed by atoms with E-state index in [2.05, 4.69) is 52.1 Å². The molecular weight excluding hydrogens is 316 g/mol. The van der Waals surface area contributed by atoms with Gasteiger partial charge in [-0.3, -0.25) is 4.90 Å². The quantitative estimate of drug-likeness (QED) is 0.860. The first-order valence-electron chi connectivity index (χ1n) is 7.51. The Morgan fingerprint density at radius 2 is 1.95 bits per heavy atom. The largest absolute Gasteiger partial charge is 0.507 e. The Hall–Kier alpha value is -0.580. The first-order valence-corrected chi connectivity index (χ1v) is 8.30. The number of hydrogen-bond donors (Lipinski definition) is 2. The second-order valence-electron chi connectivity index (χ2n) is 5.98. The van der Waals surface area contributed by atoms with Crippen molar-refractivity contribution in [3.63, 3.8) is 0 Å². The van der Waals surface area contributed by atoms with Crippen LogP contribution in [0.2, 0.25) is 0 Å². The van der Waals surface area contributed by atoms with E-state index in [4.69, 9.17) is 0 Å². The van der Waals surface area contributed by atoms with Crippen LogP contribution in [0.5, 0.6) is 5.75 Å². The molecule has 1 fully saturated rings. The third kappa shape index (κ3) is 4.21. The summed E-state index contributed by atoms with van der Waals surface area (Å²) in [5, 5.41) is 13.1. The third-order valence-electron chi connectivity index (χ3n) is 3.97. The Bertz CT molecular complexity index is 430. The van der Waals surface area contributed by atoms with Crippen molar-refractivity contribution in [2.24, 2.45) is 5.92 Å². The van der Waals surface area contributed by atoms with Crippen molar-refractivity contribution in [2.45, 2.75) is 32.7 Å². The van der Waals surface area contributed by atoms with Crippen LogP contribution in [0.3, 0.4) is 0 Å². The molecule has 0 aromatic heterocycles. The summed E-state index contributed by atoms with van der Waals surface area (Å²) < 4.78 is 0.791. The summed E-state index contributed by atoms with van der Waals surface area (Å²) in [6.07, 6.45) is 2.40. The van der Waals surface area contributed by atoms with E-state index in [1.165, 1.54) is 18.4 Å². The summed E-state index contributed by atoms with van der Waals surface area (Å²) in [5.41, 5.74) is 1.30. The first kappa shape index (κ1) is 15.8. The highest BCUT2D eigenvalue weighted by molar-refractivity contribution is 9.10. The highest BCUT2D eigenvalue weighted by atomic mass is 79.9. The number of hydrogen-bond acceptors (Lipinski definition) is 3. The number of phenolic OH excluding ortho intramolecular Hbond substituents is 1. The molecule has 112 valence electrons. The maximum absolute atomic E-state index is 9.68. The molecule has 3 nitrogen and oxygen atoms in total. The molecule has 1 aliphatic heterocycles. The zero-order chi connectivity index (χ0) is 14.5. The van der Waals surface area contributed by atoms with Gasteiger partial charge in [0.05, 0.1) is 4.47 Å². The summed E-state index contributed by atoms with van der Waals surface area (Å²) in [4.78, 5) is 2.57. The maximum Gasteiger partial charge on any atom is 0.129 e. The van der Waals surface area contributed by atoms with Crippen LogP contribution in [-0.2, 0) is 0 Å². The topological polar surface area (TPSA) is 35.5 Å². The van der Waals surface area contributed by atoms with E-state index in [0.29, 0.717) is 11.8 Å². The minimum Gasteiger partial charge on any atom is -0.507 e. The SMILES string of the molecule is CC(C)CC[C@H](c1ccc(O)c(Br)c1)N1CCNCC1. The molecule has 0 amide bonds. The molecule has 2 rings (SSSR count). The van der Waals surface area contributed by atoms with Gasteiger partial charge in [-0.15, -0.1) is 0 Å². The predicted octanol–water partition coefficient (Wildman–Crippen LogP) is 3.54. The molecule has 1 saturated heterocycles. The zero-order valence-corrected chi connectivity index (χ0v) is 14.0. The fourth-order valence-electron chi connectivity index (χ4n) is 2.78. The number of halogens is 1. The molecule has 0 spiro atoms. The Labute approximate surface area is 130 Å². The average Bonchev–Trinajstić information content (AvgIpc) is 2.44. The Balaban J connectivity index is 2.17. The van der Waals surface area contributed by atoms with Crippen molar-refractivity contribution >= 4 is 15.9 Å². The van der Waals surface area contributed by atoms with E-state index in [9.17, 15) is 5.11 Å². The molecule has 1 aliphatic rings. The summed E-state index contributed by atoms with van der Waals surface area (Å²) in [6.45, 7) is 8.89. The van der Waals surface area contributed by atoms with Gasteiger partial charge in [0.15, 0.2) is 0 Å². The van der Waals surface area contributed by atoms with E-state index < -0.39 is 0 Å². The number of nitrogens with one attached hydrogen (secondary N) is 1. The fraction of sp³-hybridized carbons (Fsp3) is 0.625. The Kier molecular flexibility index (Phi) is 5.87. The fourth-order valence-corrected chi connectivity index (χ4v) is 3.17. The van der Waals surface area contributed by atoms with E-state index in [1.807, 2.05) is 0 Å². The summed E-state index contributed by atoms with van der Waals surface area (Å²) in [5.74, 6) is 1.04. The second kappa shape index (κ2) is 7.43. The van der Waals surface area contributed by atoms with Gasteiger partial charge in [0.1, 0.15) is 5.75 Å². The number of benzene rings is 1. The minimum atomic E-state index is 0.316. The van der Waals surface area contributed by atoms with Crippen molar-refractivity contribution in [1.82, 2.24) is 10.2 Å². The van der Waals surface area contributed by atoms with Crippen LogP contribution in [0, 0.1) is 5.92 Å². The van der Waals surface area contributed by atoms with Gasteiger partial charge in [-0.1, -0.05) is 19.9 Å². The molecular formula is C16H25BrN2O. The van der Waals surface area contributed by atoms with Crippen LogP contribution in [0.15, 0.2) is 22.7 Å². The van der Waals surface area contributed by atoms with Gasteiger partial charge >= 0.3 is 0 Å². The van der Waals surface area contributed by atoms with Gasteiger partial charge in [-0.25, -0.2) is 0 Å². The van der Waals surface area contributed by atoms with Gasteiger partial charge in [0.2, 0.25) is 0 Å². The Morgan fingerprint density at radius 1 is 1.25 bits per heavy atom. The van der Waals surface area contributed by atoms with Crippen molar-refractivity contribution < 1.29 is 5.11 Å². The maximum atomic E-state index is 9.68. The molecule has 1 atom stereocenters. The lowest BCUT2D eigenvalue weighted by Gasteiger charge is -2.35. The number of aromatic hydroxyl groups is 1. The Morgan fingerprint density at radius 3 is 2.55 bits per heavy atom. The second-order valence-corrected chi connectivity index (χ2v) is 6.84. The first-order chi connectivity index (χ1) is 9.58. The van der Waals surface area contributed by atoms with E-state index in [0.717, 1.165) is 36.6 Å². The molecule has 1 aromatic rings. The number of nitrogens with zero attached hydrogens (tertiary/aromatic N) is 1. The standard InChI is InChI=1S/C16H25BrN2O/c1-12(2)3-5-15(19-9-7-18-8-10-19)13-4-6-16(20)14(17)11-13/h4,6,11-12,15,18,20H,3,5,7-10H2,1-2H3/t15-/m1/s1. The predicted molar refractivity (Wildman–Crippen MR) is 87.1 cm³/mol. The van der Waals surface area contributed by atoms with Crippen LogP contribution in [-0.4, -0.2) is 36.2 Å². The highest BCUT2D eigenvalue weighted by Crippen LogP contribution is 2.32. The number of rotatable bonds is 5. The lowest BCUT2D eigenvalue weighted by molar-refractivity contribution is 0.159. The van der Waals surface area contributed by atoms with Crippen molar-refractivity contribution in [2.75, 3.05) is 26.2 Å². The van der Waals surface area contributed by atoms with Gasteiger partial charge < -0.3 is 10.4 Å². The molecule has 0 radical (unpaired) electrons. The molecule has 2 N–H and O–H groups in total. The van der Waals surface area contributed by atoms with Crippen LogP contribution in [0.25, 0.3) is 0 Å². The van der Waals surface area contributed by atoms with Gasteiger partial charge in [0.25, 0.3) is 0 Å². The van der Waals surface area contributed by atoms with E-state index >= 15 is 0 Å². The van der Waals surface area contributed by atoms with Crippen LogP contribution in [0.4, 0.5) is 0 Å². The van der Waals surface area contributed by atoms with Gasteiger partial charge in [0, 0.05) is 32.2 Å². The van der Waals surface area contributed by atoms with Gasteiger partial charge in [-0.2, -0.15) is 0 Å². The van der Waals surface area contributed by atoms with Gasteiger partial charge in [-0.05, 0) is 52.4 Å². The minimum absolute atomic E-state index is 0.316. The molecule has 0 unspecified atom stereocenters. The molecule has 0 bridgehead atoms. The van der Waals surface area contributed by atoms with Crippen molar-refractivity contribution in [1.29, 1.82) is 0 Å². The molecule has 1 heterocycles. The number of phenols is 1. The molecule has 0 aliphatic carbocycles. The third-order valence-corrected chi connectivity index (χ3v) is 4.60. The monoisotopic (exact) mass is 340 g/mol. The van der Waals surface area contributed by atoms with E-state index in [-0.39, 0.29) is 0 Å². The smallest absolute Gasteiger partial charge is 0.129 e. The van der Waals surface area contributed by atoms with Crippen LogP contribution >= 0.6 is 15.9 Å². The van der Waals surface area contributed by atoms with E-state index in [1.54, 1.807) is 6.07 Å². The lowest BCUT2D eigenvalue weighted by atomic mass is 9.95. The zero-order valence-electron chi connectivity index (χ0n) is 12.4. The summed E-state index contributed by atoms with van der Waals surface area (Å²) >= 11 is 3.44. The number of piperazine rings is 1. The molecule has 20 heavy (non-hydrogen) atoms. The highest BCUT2D eigenvalue weighted by Gasteiger charge is 2.22. The lowest BCUT2D eigenvalue weighted by Crippen LogP contribution is -2.45.